The summed E-state index contributed by atoms with van der Waals surface area (Å²) in [7, 11) is 2.30. The van der Waals surface area contributed by atoms with E-state index in [2.05, 4.69) is 56.7 Å². The van der Waals surface area contributed by atoms with Gasteiger partial charge in [0.15, 0.2) is 0 Å². The van der Waals surface area contributed by atoms with Crippen molar-refractivity contribution in [2.24, 2.45) is 0 Å². The average Bonchev–Trinajstić information content (AvgIpc) is 2.74. The third-order valence-corrected chi connectivity index (χ3v) is 4.78. The summed E-state index contributed by atoms with van der Waals surface area (Å²) in [6.07, 6.45) is 3.97. The summed E-state index contributed by atoms with van der Waals surface area (Å²) in [5, 5.41) is 3.56. The van der Waals surface area contributed by atoms with Gasteiger partial charge >= 0.3 is 0 Å². The molecule has 17 heavy (non-hydrogen) atoms. The Bertz CT molecular complexity index is 207. The molecule has 0 aromatic heterocycles. The summed E-state index contributed by atoms with van der Waals surface area (Å²) in [6, 6.07) is 1.55. The Balaban J connectivity index is 2.13. The molecule has 0 spiro atoms. The Kier molecular flexibility index (Phi) is 6.32. The van der Waals surface area contributed by atoms with Gasteiger partial charge in [-0.1, -0.05) is 0 Å². The van der Waals surface area contributed by atoms with Crippen LogP contribution in [0.25, 0.3) is 0 Å². The first kappa shape index (κ1) is 15.3. The minimum Gasteiger partial charge on any atom is -0.312 e. The highest BCUT2D eigenvalue weighted by Crippen LogP contribution is 2.23. The van der Waals surface area contributed by atoms with Gasteiger partial charge in [0, 0.05) is 23.4 Å². The van der Waals surface area contributed by atoms with Crippen molar-refractivity contribution in [2.45, 2.75) is 64.6 Å². The monoisotopic (exact) mass is 258 g/mol. The van der Waals surface area contributed by atoms with Gasteiger partial charge in [-0.3, -0.25) is 4.90 Å². The van der Waals surface area contributed by atoms with E-state index >= 15 is 0 Å². The van der Waals surface area contributed by atoms with Crippen molar-refractivity contribution in [3.05, 3.63) is 0 Å². The van der Waals surface area contributed by atoms with Gasteiger partial charge in [-0.25, -0.2) is 0 Å². The highest BCUT2D eigenvalue weighted by Gasteiger charge is 2.23. The molecule has 0 radical (unpaired) electrons. The molecule has 0 aliphatic carbocycles. The summed E-state index contributed by atoms with van der Waals surface area (Å²) in [6.45, 7) is 10.2. The van der Waals surface area contributed by atoms with E-state index in [0.29, 0.717) is 0 Å². The second-order valence-electron chi connectivity index (χ2n) is 6.35. The van der Waals surface area contributed by atoms with Crippen LogP contribution in [-0.4, -0.2) is 47.6 Å². The van der Waals surface area contributed by atoms with Crippen molar-refractivity contribution in [3.63, 3.8) is 0 Å². The van der Waals surface area contributed by atoms with Crippen LogP contribution in [0.2, 0.25) is 0 Å². The lowest BCUT2D eigenvalue weighted by atomic mass is 10.1. The van der Waals surface area contributed by atoms with Gasteiger partial charge < -0.3 is 5.32 Å². The van der Waals surface area contributed by atoms with E-state index in [1.54, 1.807) is 0 Å². The smallest absolute Gasteiger partial charge is 0.0194 e. The number of hydrogen-bond acceptors (Lipinski definition) is 3. The summed E-state index contributed by atoms with van der Waals surface area (Å²) in [5.74, 6) is 2.69. The molecule has 0 aromatic rings. The largest absolute Gasteiger partial charge is 0.312 e. The fourth-order valence-corrected chi connectivity index (χ4v) is 3.55. The first-order valence-electron chi connectivity index (χ1n) is 6.95. The number of hydrogen-bond donors (Lipinski definition) is 1. The second kappa shape index (κ2) is 7.01. The molecule has 2 nitrogen and oxygen atoms in total. The van der Waals surface area contributed by atoms with Crippen LogP contribution in [0.5, 0.6) is 0 Å². The quantitative estimate of drug-likeness (QED) is 0.737. The molecule has 1 aliphatic rings. The lowest BCUT2D eigenvalue weighted by Gasteiger charge is -2.30. The number of rotatable bonds is 6. The molecule has 2 unspecified atom stereocenters. The maximum Gasteiger partial charge on any atom is 0.0194 e. The fourth-order valence-electron chi connectivity index (χ4n) is 2.27. The van der Waals surface area contributed by atoms with Gasteiger partial charge in [0.2, 0.25) is 0 Å². The van der Waals surface area contributed by atoms with E-state index in [1.165, 1.54) is 30.8 Å². The zero-order valence-corrected chi connectivity index (χ0v) is 13.1. The van der Waals surface area contributed by atoms with Crippen LogP contribution in [-0.2, 0) is 0 Å². The van der Waals surface area contributed by atoms with Gasteiger partial charge in [0.05, 0.1) is 0 Å². The minimum atomic E-state index is 0.261. The van der Waals surface area contributed by atoms with Crippen LogP contribution in [0.1, 0.15) is 47.0 Å². The van der Waals surface area contributed by atoms with Gasteiger partial charge in [0.1, 0.15) is 0 Å². The normalized spacial score (nSPS) is 23.3. The lowest BCUT2D eigenvalue weighted by molar-refractivity contribution is 0.187. The van der Waals surface area contributed by atoms with Crippen molar-refractivity contribution in [2.75, 3.05) is 25.1 Å². The number of thioether (sulfide) groups is 1. The molecule has 1 rings (SSSR count). The average molecular weight is 258 g/mol. The predicted octanol–water partition coefficient (Wildman–Crippen LogP) is 2.98. The van der Waals surface area contributed by atoms with Crippen molar-refractivity contribution in [3.8, 4) is 0 Å². The van der Waals surface area contributed by atoms with Crippen LogP contribution in [0.15, 0.2) is 0 Å². The summed E-state index contributed by atoms with van der Waals surface area (Å²) >= 11 is 2.11. The van der Waals surface area contributed by atoms with E-state index in [1.807, 2.05) is 0 Å². The third-order valence-electron chi connectivity index (χ3n) is 3.63. The molecule has 1 heterocycles. The molecule has 1 N–H and O–H groups in total. The van der Waals surface area contributed by atoms with E-state index in [9.17, 15) is 0 Å². The molecule has 102 valence electrons. The molecular formula is C14H30N2S. The topological polar surface area (TPSA) is 15.3 Å². The maximum absolute atomic E-state index is 3.56. The first-order chi connectivity index (χ1) is 7.90. The van der Waals surface area contributed by atoms with Gasteiger partial charge in [0.25, 0.3) is 0 Å². The van der Waals surface area contributed by atoms with Crippen molar-refractivity contribution < 1.29 is 0 Å². The highest BCUT2D eigenvalue weighted by molar-refractivity contribution is 7.99. The van der Waals surface area contributed by atoms with Gasteiger partial charge in [-0.2, -0.15) is 11.8 Å². The standard InChI is InChI=1S/C14H30N2S/c1-12(7-6-9-15-14(2,3)4)16(5)13-8-10-17-11-13/h12-13,15H,6-11H2,1-5H3. The van der Waals surface area contributed by atoms with E-state index in [4.69, 9.17) is 0 Å². The molecule has 0 amide bonds. The van der Waals surface area contributed by atoms with Crippen LogP contribution >= 0.6 is 11.8 Å². The Morgan fingerprint density at radius 3 is 2.65 bits per heavy atom. The predicted molar refractivity (Wildman–Crippen MR) is 79.9 cm³/mol. The molecule has 1 fully saturated rings. The molecule has 2 atom stereocenters. The van der Waals surface area contributed by atoms with Crippen molar-refractivity contribution >= 4 is 11.8 Å². The highest BCUT2D eigenvalue weighted by atomic mass is 32.2. The minimum absolute atomic E-state index is 0.261. The van der Waals surface area contributed by atoms with Crippen LogP contribution in [0.3, 0.4) is 0 Å². The zero-order valence-electron chi connectivity index (χ0n) is 12.3. The Morgan fingerprint density at radius 2 is 2.12 bits per heavy atom. The second-order valence-corrected chi connectivity index (χ2v) is 7.50. The Morgan fingerprint density at radius 1 is 1.41 bits per heavy atom. The lowest BCUT2D eigenvalue weighted by Crippen LogP contribution is -2.40. The van der Waals surface area contributed by atoms with Crippen LogP contribution in [0, 0.1) is 0 Å². The van der Waals surface area contributed by atoms with E-state index < -0.39 is 0 Å². The first-order valence-corrected chi connectivity index (χ1v) is 8.10. The summed E-state index contributed by atoms with van der Waals surface area (Å²) in [5.41, 5.74) is 0.261. The third kappa shape index (κ3) is 6.12. The van der Waals surface area contributed by atoms with E-state index in [0.717, 1.165) is 18.6 Å². The van der Waals surface area contributed by atoms with Crippen LogP contribution < -0.4 is 5.32 Å². The van der Waals surface area contributed by atoms with Crippen molar-refractivity contribution in [1.29, 1.82) is 0 Å². The Hall–Kier alpha value is 0.270. The summed E-state index contributed by atoms with van der Waals surface area (Å²) < 4.78 is 0. The zero-order chi connectivity index (χ0) is 12.9. The van der Waals surface area contributed by atoms with Crippen LogP contribution in [0.4, 0.5) is 0 Å². The van der Waals surface area contributed by atoms with Gasteiger partial charge in [-0.15, -0.1) is 0 Å². The molecule has 0 aromatic carbocycles. The van der Waals surface area contributed by atoms with Crippen molar-refractivity contribution in [1.82, 2.24) is 10.2 Å². The Labute approximate surface area is 112 Å². The van der Waals surface area contributed by atoms with Gasteiger partial charge in [-0.05, 0) is 66.3 Å². The molecular weight excluding hydrogens is 228 g/mol. The molecule has 1 saturated heterocycles. The molecule has 0 bridgehead atoms. The SMILES string of the molecule is CC(CCCNC(C)(C)C)N(C)C1CCSC1. The molecule has 0 saturated carbocycles. The summed E-state index contributed by atoms with van der Waals surface area (Å²) in [4.78, 5) is 2.59. The molecule has 3 heteroatoms. The van der Waals surface area contributed by atoms with E-state index in [-0.39, 0.29) is 5.54 Å². The number of nitrogens with zero attached hydrogens (tertiary/aromatic N) is 1. The fraction of sp³-hybridized carbons (Fsp3) is 1.00. The molecule has 1 aliphatic heterocycles. The number of nitrogens with one attached hydrogen (secondary N) is 1. The maximum atomic E-state index is 3.56.